The van der Waals surface area contributed by atoms with E-state index >= 15 is 0 Å². The predicted octanol–water partition coefficient (Wildman–Crippen LogP) is 1.40. The number of alkyl halides is 3. The van der Waals surface area contributed by atoms with Crippen LogP contribution in [-0.2, 0) is 11.0 Å². The van der Waals surface area contributed by atoms with Gasteiger partial charge >= 0.3 is 6.18 Å². The molecule has 0 aliphatic carbocycles. The SMILES string of the molecule is O=C1CC(Nc2ncccc2C(F)(F)F)CN1. The van der Waals surface area contributed by atoms with Crippen molar-refractivity contribution in [1.29, 1.82) is 0 Å². The first-order valence-corrected chi connectivity index (χ1v) is 5.02. The molecule has 2 heterocycles. The molecule has 1 aromatic rings. The number of amides is 1. The number of carbonyl (C=O) groups is 1. The number of hydrogen-bond acceptors (Lipinski definition) is 3. The molecule has 0 saturated carbocycles. The Labute approximate surface area is 95.2 Å². The molecule has 0 bridgehead atoms. The number of pyridine rings is 1. The number of rotatable bonds is 2. The van der Waals surface area contributed by atoms with Crippen molar-refractivity contribution in [3.05, 3.63) is 23.9 Å². The Kier molecular flexibility index (Phi) is 2.91. The average Bonchev–Trinajstić information content (AvgIpc) is 2.63. The summed E-state index contributed by atoms with van der Waals surface area (Å²) in [5.74, 6) is -0.409. The molecule has 0 radical (unpaired) electrons. The zero-order valence-corrected chi connectivity index (χ0v) is 8.71. The molecular formula is C10H10F3N3O. The summed E-state index contributed by atoms with van der Waals surface area (Å²) in [7, 11) is 0. The van der Waals surface area contributed by atoms with Crippen LogP contribution in [0.15, 0.2) is 18.3 Å². The summed E-state index contributed by atoms with van der Waals surface area (Å²) in [4.78, 5) is 14.6. The lowest BCUT2D eigenvalue weighted by molar-refractivity contribution is -0.137. The van der Waals surface area contributed by atoms with E-state index in [1.54, 1.807) is 0 Å². The first-order valence-electron chi connectivity index (χ1n) is 5.02. The van der Waals surface area contributed by atoms with E-state index < -0.39 is 11.7 Å². The molecule has 1 fully saturated rings. The van der Waals surface area contributed by atoms with E-state index in [2.05, 4.69) is 15.6 Å². The quantitative estimate of drug-likeness (QED) is 0.828. The van der Waals surface area contributed by atoms with Crippen LogP contribution in [0.2, 0.25) is 0 Å². The molecule has 1 saturated heterocycles. The van der Waals surface area contributed by atoms with Crippen molar-refractivity contribution in [3.63, 3.8) is 0 Å². The number of nitrogens with zero attached hydrogens (tertiary/aromatic N) is 1. The van der Waals surface area contributed by atoms with Gasteiger partial charge in [-0.05, 0) is 12.1 Å². The third-order valence-electron chi connectivity index (χ3n) is 2.43. The molecule has 1 amide bonds. The molecule has 17 heavy (non-hydrogen) atoms. The third kappa shape index (κ3) is 2.66. The predicted molar refractivity (Wildman–Crippen MR) is 54.3 cm³/mol. The first kappa shape index (κ1) is 11.7. The lowest BCUT2D eigenvalue weighted by atomic mass is 10.2. The molecule has 1 unspecified atom stereocenters. The van der Waals surface area contributed by atoms with Crippen LogP contribution in [0.25, 0.3) is 0 Å². The van der Waals surface area contributed by atoms with Crippen molar-refractivity contribution in [2.24, 2.45) is 0 Å². The smallest absolute Gasteiger partial charge is 0.365 e. The highest BCUT2D eigenvalue weighted by Crippen LogP contribution is 2.33. The lowest BCUT2D eigenvalue weighted by Gasteiger charge is -2.16. The fraction of sp³-hybridized carbons (Fsp3) is 0.400. The van der Waals surface area contributed by atoms with Crippen molar-refractivity contribution >= 4 is 11.7 Å². The van der Waals surface area contributed by atoms with Crippen LogP contribution in [0.3, 0.4) is 0 Å². The molecule has 1 aliphatic rings. The van der Waals surface area contributed by atoms with E-state index in [1.807, 2.05) is 0 Å². The second-order valence-electron chi connectivity index (χ2n) is 3.75. The standard InChI is InChI=1S/C10H10F3N3O/c11-10(12,13)7-2-1-3-14-9(7)16-6-4-8(17)15-5-6/h1-3,6H,4-5H2,(H,14,16)(H,15,17). The number of nitrogens with one attached hydrogen (secondary N) is 2. The maximum Gasteiger partial charge on any atom is 0.419 e. The van der Waals surface area contributed by atoms with Gasteiger partial charge in [0.2, 0.25) is 5.91 Å². The zero-order chi connectivity index (χ0) is 12.5. The Hall–Kier alpha value is -1.79. The number of halogens is 3. The molecule has 4 nitrogen and oxygen atoms in total. The number of anilines is 1. The van der Waals surface area contributed by atoms with Crippen molar-refractivity contribution in [1.82, 2.24) is 10.3 Å². The van der Waals surface area contributed by atoms with Gasteiger partial charge in [0.05, 0.1) is 11.6 Å². The first-order chi connectivity index (χ1) is 7.97. The highest BCUT2D eigenvalue weighted by Gasteiger charge is 2.35. The number of hydrogen-bond donors (Lipinski definition) is 2. The summed E-state index contributed by atoms with van der Waals surface area (Å²) in [6.45, 7) is 0.312. The zero-order valence-electron chi connectivity index (χ0n) is 8.71. The Morgan fingerprint density at radius 3 is 2.82 bits per heavy atom. The van der Waals surface area contributed by atoms with E-state index in [4.69, 9.17) is 0 Å². The van der Waals surface area contributed by atoms with Crippen LogP contribution in [0.4, 0.5) is 19.0 Å². The summed E-state index contributed by atoms with van der Waals surface area (Å²) < 4.78 is 37.9. The van der Waals surface area contributed by atoms with Gasteiger partial charge in [-0.1, -0.05) is 0 Å². The van der Waals surface area contributed by atoms with Gasteiger partial charge in [0.25, 0.3) is 0 Å². The highest BCUT2D eigenvalue weighted by atomic mass is 19.4. The van der Waals surface area contributed by atoms with Crippen LogP contribution in [-0.4, -0.2) is 23.5 Å². The molecular weight excluding hydrogens is 235 g/mol. The van der Waals surface area contributed by atoms with Crippen molar-refractivity contribution in [2.45, 2.75) is 18.6 Å². The fourth-order valence-corrected chi connectivity index (χ4v) is 1.65. The monoisotopic (exact) mass is 245 g/mol. The summed E-state index contributed by atoms with van der Waals surface area (Å²) >= 11 is 0. The van der Waals surface area contributed by atoms with Crippen LogP contribution in [0.1, 0.15) is 12.0 Å². The van der Waals surface area contributed by atoms with Crippen LogP contribution >= 0.6 is 0 Å². The molecule has 92 valence electrons. The normalized spacial score (nSPS) is 20.2. The summed E-state index contributed by atoms with van der Waals surface area (Å²) in [5, 5.41) is 5.17. The minimum absolute atomic E-state index is 0.161. The summed E-state index contributed by atoms with van der Waals surface area (Å²) in [6, 6.07) is 1.84. The van der Waals surface area contributed by atoms with Crippen molar-refractivity contribution < 1.29 is 18.0 Å². The highest BCUT2D eigenvalue weighted by molar-refractivity contribution is 5.79. The van der Waals surface area contributed by atoms with Crippen molar-refractivity contribution in [2.75, 3.05) is 11.9 Å². The Morgan fingerprint density at radius 1 is 1.47 bits per heavy atom. The third-order valence-corrected chi connectivity index (χ3v) is 2.43. The van der Waals surface area contributed by atoms with Gasteiger partial charge in [0.1, 0.15) is 5.82 Å². The van der Waals surface area contributed by atoms with Gasteiger partial charge in [0, 0.05) is 19.2 Å². The second-order valence-corrected chi connectivity index (χ2v) is 3.75. The fourth-order valence-electron chi connectivity index (χ4n) is 1.65. The summed E-state index contributed by atoms with van der Waals surface area (Å²) in [6.07, 6.45) is -3.01. The molecule has 1 aromatic heterocycles. The lowest BCUT2D eigenvalue weighted by Crippen LogP contribution is -2.24. The molecule has 2 N–H and O–H groups in total. The summed E-state index contributed by atoms with van der Waals surface area (Å²) in [5.41, 5.74) is -0.820. The maximum atomic E-state index is 12.6. The van der Waals surface area contributed by atoms with Gasteiger partial charge in [-0.25, -0.2) is 4.98 Å². The minimum Gasteiger partial charge on any atom is -0.365 e. The topological polar surface area (TPSA) is 54.0 Å². The van der Waals surface area contributed by atoms with Gasteiger partial charge in [-0.2, -0.15) is 13.2 Å². The van der Waals surface area contributed by atoms with E-state index in [0.29, 0.717) is 6.54 Å². The number of aromatic nitrogens is 1. The molecule has 0 aromatic carbocycles. The van der Waals surface area contributed by atoms with Crippen LogP contribution < -0.4 is 10.6 Å². The maximum absolute atomic E-state index is 12.6. The van der Waals surface area contributed by atoms with Crippen molar-refractivity contribution in [3.8, 4) is 0 Å². The second kappa shape index (κ2) is 4.23. The van der Waals surface area contributed by atoms with Gasteiger partial charge in [0.15, 0.2) is 0 Å². The van der Waals surface area contributed by atoms with E-state index in [1.165, 1.54) is 12.3 Å². The van der Waals surface area contributed by atoms with E-state index in [-0.39, 0.29) is 24.2 Å². The van der Waals surface area contributed by atoms with Gasteiger partial charge < -0.3 is 10.6 Å². The van der Waals surface area contributed by atoms with Crippen LogP contribution in [0, 0.1) is 0 Å². The van der Waals surface area contributed by atoms with E-state index in [0.717, 1.165) is 6.07 Å². The largest absolute Gasteiger partial charge is 0.419 e. The molecule has 1 aliphatic heterocycles. The Bertz CT molecular complexity index is 433. The molecule has 0 spiro atoms. The number of carbonyl (C=O) groups excluding carboxylic acids is 1. The van der Waals surface area contributed by atoms with E-state index in [9.17, 15) is 18.0 Å². The van der Waals surface area contributed by atoms with Crippen LogP contribution in [0.5, 0.6) is 0 Å². The Balaban J connectivity index is 2.18. The average molecular weight is 245 g/mol. The Morgan fingerprint density at radius 2 is 2.24 bits per heavy atom. The van der Waals surface area contributed by atoms with Gasteiger partial charge in [-0.15, -0.1) is 0 Å². The minimum atomic E-state index is -4.45. The molecule has 7 heteroatoms. The van der Waals surface area contributed by atoms with Gasteiger partial charge in [-0.3, -0.25) is 4.79 Å². The molecule has 2 rings (SSSR count). The molecule has 1 atom stereocenters.